The maximum Gasteiger partial charge on any atom is 0.322 e. The van der Waals surface area contributed by atoms with Gasteiger partial charge in [-0.1, -0.05) is 0 Å². The van der Waals surface area contributed by atoms with Gasteiger partial charge in [-0.15, -0.1) is 0 Å². The van der Waals surface area contributed by atoms with Gasteiger partial charge in [0.05, 0.1) is 6.61 Å². The predicted molar refractivity (Wildman–Crippen MR) is 74.9 cm³/mol. The number of rotatable bonds is 7. The number of benzene rings is 1. The summed E-state index contributed by atoms with van der Waals surface area (Å²) in [5, 5.41) is 13.3. The molecule has 0 aliphatic carbocycles. The first kappa shape index (κ1) is 16.6. The lowest BCUT2D eigenvalue weighted by Crippen LogP contribution is -2.39. The van der Waals surface area contributed by atoms with Gasteiger partial charge in [-0.3, -0.25) is 14.4 Å². The lowest BCUT2D eigenvalue weighted by molar-refractivity contribution is -0.135. The summed E-state index contributed by atoms with van der Waals surface area (Å²) < 4.78 is 4.77. The Hall–Kier alpha value is -2.45. The number of carbonyl (C=O) groups is 3. The molecule has 0 saturated heterocycles. The molecule has 5 N–H and O–H groups in total. The number of amides is 2. The Labute approximate surface area is 121 Å². The molecule has 0 radical (unpaired) electrons. The van der Waals surface area contributed by atoms with E-state index in [1.165, 1.54) is 31.4 Å². The van der Waals surface area contributed by atoms with Crippen molar-refractivity contribution in [2.24, 2.45) is 5.73 Å². The fourth-order valence-corrected chi connectivity index (χ4v) is 1.45. The van der Waals surface area contributed by atoms with Crippen LogP contribution in [0.15, 0.2) is 24.3 Å². The number of carboxylic acid groups (broad SMARTS) is 1. The molecule has 21 heavy (non-hydrogen) atoms. The fourth-order valence-electron chi connectivity index (χ4n) is 1.45. The molecule has 1 unspecified atom stereocenters. The molecular weight excluding hydrogens is 278 g/mol. The number of hydrogen-bond donors (Lipinski definition) is 4. The van der Waals surface area contributed by atoms with Crippen molar-refractivity contribution in [2.45, 2.75) is 6.04 Å². The molecule has 1 aromatic rings. The van der Waals surface area contributed by atoms with Gasteiger partial charge >= 0.3 is 5.97 Å². The molecule has 0 aliphatic heterocycles. The van der Waals surface area contributed by atoms with Crippen LogP contribution in [0.5, 0.6) is 0 Å². The maximum absolute atomic E-state index is 11.6. The van der Waals surface area contributed by atoms with Crippen LogP contribution in [-0.4, -0.2) is 49.2 Å². The normalized spacial score (nSPS) is 11.5. The predicted octanol–water partition coefficient (Wildman–Crippen LogP) is -0.587. The summed E-state index contributed by atoms with van der Waals surface area (Å²) in [5.41, 5.74) is 6.33. The van der Waals surface area contributed by atoms with Gasteiger partial charge in [0.25, 0.3) is 5.91 Å². The van der Waals surface area contributed by atoms with E-state index in [1.807, 2.05) is 0 Å². The van der Waals surface area contributed by atoms with Crippen LogP contribution in [0.1, 0.15) is 10.4 Å². The summed E-state index contributed by atoms with van der Waals surface area (Å²) in [5.74, 6) is -2.04. The van der Waals surface area contributed by atoms with Gasteiger partial charge in [0, 0.05) is 18.4 Å². The molecule has 114 valence electrons. The van der Waals surface area contributed by atoms with E-state index >= 15 is 0 Å². The first-order chi connectivity index (χ1) is 9.93. The highest BCUT2D eigenvalue weighted by molar-refractivity contribution is 5.97. The minimum Gasteiger partial charge on any atom is -0.480 e. The molecule has 0 heterocycles. The summed E-state index contributed by atoms with van der Waals surface area (Å²) in [4.78, 5) is 33.6. The summed E-state index contributed by atoms with van der Waals surface area (Å²) >= 11 is 0. The Morgan fingerprint density at radius 3 is 2.43 bits per heavy atom. The number of hydrogen-bond acceptors (Lipinski definition) is 5. The van der Waals surface area contributed by atoms with Crippen molar-refractivity contribution in [3.05, 3.63) is 29.8 Å². The van der Waals surface area contributed by atoms with Gasteiger partial charge in [0.1, 0.15) is 12.6 Å². The number of carboxylic acids is 1. The first-order valence-electron chi connectivity index (χ1n) is 6.09. The zero-order valence-electron chi connectivity index (χ0n) is 11.5. The molecule has 1 rings (SSSR count). The quantitative estimate of drug-likeness (QED) is 0.532. The van der Waals surface area contributed by atoms with E-state index in [9.17, 15) is 14.4 Å². The average molecular weight is 295 g/mol. The van der Waals surface area contributed by atoms with Crippen LogP contribution in [0.2, 0.25) is 0 Å². The monoisotopic (exact) mass is 295 g/mol. The molecule has 2 amide bonds. The van der Waals surface area contributed by atoms with Crippen molar-refractivity contribution in [1.29, 1.82) is 0 Å². The van der Waals surface area contributed by atoms with Crippen molar-refractivity contribution in [1.82, 2.24) is 5.32 Å². The van der Waals surface area contributed by atoms with Gasteiger partial charge in [0.15, 0.2) is 0 Å². The Bertz CT molecular complexity index is 515. The molecule has 0 aromatic heterocycles. The third kappa shape index (κ3) is 5.59. The first-order valence-corrected chi connectivity index (χ1v) is 6.09. The molecule has 0 bridgehead atoms. The van der Waals surface area contributed by atoms with Crippen molar-refractivity contribution in [3.8, 4) is 0 Å². The lowest BCUT2D eigenvalue weighted by atomic mass is 10.2. The number of aliphatic carboxylic acids is 1. The summed E-state index contributed by atoms with van der Waals surface area (Å²) in [6.07, 6.45) is 0. The number of anilines is 1. The molecule has 0 spiro atoms. The van der Waals surface area contributed by atoms with Gasteiger partial charge in [-0.2, -0.15) is 0 Å². The largest absolute Gasteiger partial charge is 0.480 e. The zero-order valence-corrected chi connectivity index (χ0v) is 11.5. The lowest BCUT2D eigenvalue weighted by Gasteiger charge is -2.11. The van der Waals surface area contributed by atoms with Gasteiger partial charge < -0.3 is 26.2 Å². The number of methoxy groups -OCH3 is 1. The smallest absolute Gasteiger partial charge is 0.322 e. The van der Waals surface area contributed by atoms with Crippen LogP contribution >= 0.6 is 0 Å². The van der Waals surface area contributed by atoms with Crippen LogP contribution in [0.4, 0.5) is 5.69 Å². The van der Waals surface area contributed by atoms with Gasteiger partial charge in [-0.05, 0) is 24.3 Å². The molecule has 0 saturated carbocycles. The molecule has 0 fully saturated rings. The Balaban J connectivity index is 2.59. The second kappa shape index (κ2) is 7.98. The van der Waals surface area contributed by atoms with E-state index in [-0.39, 0.29) is 12.2 Å². The van der Waals surface area contributed by atoms with E-state index in [2.05, 4.69) is 10.6 Å². The highest BCUT2D eigenvalue weighted by Gasteiger charge is 2.13. The van der Waals surface area contributed by atoms with Crippen molar-refractivity contribution in [2.75, 3.05) is 25.6 Å². The van der Waals surface area contributed by atoms with Crippen LogP contribution < -0.4 is 16.4 Å². The number of ether oxygens (including phenoxy) is 1. The number of carbonyl (C=O) groups excluding carboxylic acids is 2. The molecule has 1 atom stereocenters. The van der Waals surface area contributed by atoms with Crippen LogP contribution in [0.25, 0.3) is 0 Å². The molecule has 8 nitrogen and oxygen atoms in total. The number of nitrogens with two attached hydrogens (primary N) is 1. The van der Waals surface area contributed by atoms with E-state index in [4.69, 9.17) is 15.6 Å². The summed E-state index contributed by atoms with van der Waals surface area (Å²) in [6, 6.07) is 5.19. The Kier molecular flexibility index (Phi) is 6.31. The van der Waals surface area contributed by atoms with E-state index in [0.29, 0.717) is 5.69 Å². The minimum atomic E-state index is -1.13. The van der Waals surface area contributed by atoms with E-state index in [0.717, 1.165) is 0 Å². The summed E-state index contributed by atoms with van der Waals surface area (Å²) in [6.45, 7) is -0.356. The highest BCUT2D eigenvalue weighted by Crippen LogP contribution is 2.09. The van der Waals surface area contributed by atoms with Crippen LogP contribution in [-0.2, 0) is 14.3 Å². The topological polar surface area (TPSA) is 131 Å². The van der Waals surface area contributed by atoms with Gasteiger partial charge in [0.2, 0.25) is 5.91 Å². The van der Waals surface area contributed by atoms with E-state index in [1.54, 1.807) is 0 Å². The number of nitrogens with one attached hydrogen (secondary N) is 2. The van der Waals surface area contributed by atoms with Gasteiger partial charge in [-0.25, -0.2) is 0 Å². The average Bonchev–Trinajstić information content (AvgIpc) is 2.45. The SMILES string of the molecule is COCC(N)C(=O)Nc1ccc(C(=O)NCC(=O)O)cc1. The maximum atomic E-state index is 11.6. The Morgan fingerprint density at radius 1 is 1.29 bits per heavy atom. The third-order valence-electron chi connectivity index (χ3n) is 2.50. The molecule has 1 aromatic carbocycles. The van der Waals surface area contributed by atoms with E-state index < -0.39 is 30.4 Å². The van der Waals surface area contributed by atoms with Crippen LogP contribution in [0, 0.1) is 0 Å². The van der Waals surface area contributed by atoms with Crippen molar-refractivity contribution < 1.29 is 24.2 Å². The zero-order chi connectivity index (χ0) is 15.8. The third-order valence-corrected chi connectivity index (χ3v) is 2.50. The van der Waals surface area contributed by atoms with Crippen molar-refractivity contribution in [3.63, 3.8) is 0 Å². The minimum absolute atomic E-state index is 0.0987. The summed E-state index contributed by atoms with van der Waals surface area (Å²) in [7, 11) is 1.44. The molecular formula is C13H17N3O5. The highest BCUT2D eigenvalue weighted by atomic mass is 16.5. The fraction of sp³-hybridized carbons (Fsp3) is 0.308. The second-order valence-electron chi connectivity index (χ2n) is 4.20. The van der Waals surface area contributed by atoms with Crippen molar-refractivity contribution >= 4 is 23.5 Å². The second-order valence-corrected chi connectivity index (χ2v) is 4.20. The standard InChI is InChI=1S/C13H17N3O5/c1-21-7-10(14)13(20)16-9-4-2-8(3-5-9)12(19)15-6-11(17)18/h2-5,10H,6-7,14H2,1H3,(H,15,19)(H,16,20)(H,17,18). The Morgan fingerprint density at radius 2 is 1.90 bits per heavy atom. The molecule has 0 aliphatic rings. The van der Waals surface area contributed by atoms with Crippen LogP contribution in [0.3, 0.4) is 0 Å². The molecule has 8 heteroatoms.